The lowest BCUT2D eigenvalue weighted by molar-refractivity contribution is -0.725. The second-order valence-electron chi connectivity index (χ2n) is 6.73. The van der Waals surface area contributed by atoms with E-state index in [0.29, 0.717) is 5.56 Å². The molecule has 3 rings (SSSR count). The molecule has 122 valence electrons. The van der Waals surface area contributed by atoms with Crippen molar-refractivity contribution >= 4 is 0 Å². The molecule has 0 aliphatic carbocycles. The Morgan fingerprint density at radius 3 is 2.52 bits per heavy atom. The molecule has 1 aromatic heterocycles. The highest BCUT2D eigenvalue weighted by molar-refractivity contribution is 5.67. The summed E-state index contributed by atoms with van der Waals surface area (Å²) >= 11 is 0. The molecular weight excluding hydrogens is 294 g/mol. The van der Waals surface area contributed by atoms with Crippen molar-refractivity contribution in [2.75, 3.05) is 0 Å². The van der Waals surface area contributed by atoms with Crippen LogP contribution in [-0.2, 0) is 5.41 Å². The molecule has 0 radical (unpaired) electrons. The molecule has 0 amide bonds. The Morgan fingerprint density at radius 2 is 1.91 bits per heavy atom. The number of aromatic nitrogens is 2. The molecule has 1 unspecified atom stereocenters. The van der Waals surface area contributed by atoms with E-state index in [2.05, 4.69) is 30.3 Å². The maximum absolute atomic E-state index is 14.7. The van der Waals surface area contributed by atoms with Gasteiger partial charge >= 0.3 is 0 Å². The topological polar surface area (TPSA) is 16.8 Å². The Labute approximate surface area is 136 Å². The van der Waals surface area contributed by atoms with E-state index in [0.717, 1.165) is 41.6 Å². The van der Waals surface area contributed by atoms with Crippen molar-refractivity contribution < 1.29 is 13.3 Å². The molecule has 0 fully saturated rings. The number of rotatable bonds is 2. The molecule has 2 aromatic rings. The van der Waals surface area contributed by atoms with E-state index >= 15 is 0 Å². The molecule has 2 heterocycles. The van der Waals surface area contributed by atoms with Crippen LogP contribution in [0, 0.1) is 25.5 Å². The fourth-order valence-electron chi connectivity index (χ4n) is 4.18. The van der Waals surface area contributed by atoms with Crippen molar-refractivity contribution in [1.29, 1.82) is 0 Å². The van der Waals surface area contributed by atoms with Crippen molar-refractivity contribution in [1.82, 2.24) is 4.98 Å². The highest BCUT2D eigenvalue weighted by Gasteiger charge is 2.49. The fraction of sp³-hybridized carbons (Fsp3) is 0.474. The first-order chi connectivity index (χ1) is 10.8. The summed E-state index contributed by atoms with van der Waals surface area (Å²) in [6.07, 6.45) is 3.70. The predicted octanol–water partition coefficient (Wildman–Crippen LogP) is 4.56. The number of halogens is 2. The molecule has 0 bridgehead atoms. The largest absolute Gasteiger partial charge is 0.245 e. The summed E-state index contributed by atoms with van der Waals surface area (Å²) in [5, 5.41) is 0. The number of nitrogens with zero attached hydrogens (tertiary/aromatic N) is 2. The van der Waals surface area contributed by atoms with E-state index in [1.165, 1.54) is 6.07 Å². The standard InChI is InChI=1S/C19H23F2N2/c1-6-16-19(5,7-2)14-8-13(20)9-15(21)17(14)18-12(4)22-11(3)10-23(16)18/h8-10,16H,6-7H2,1-5H3/q+1/t16-,19?/m1/s1. The minimum atomic E-state index is -0.512. The van der Waals surface area contributed by atoms with Crippen LogP contribution in [0.3, 0.4) is 0 Å². The monoisotopic (exact) mass is 317 g/mol. The van der Waals surface area contributed by atoms with Gasteiger partial charge in [0, 0.05) is 12.5 Å². The van der Waals surface area contributed by atoms with Crippen LogP contribution in [0.2, 0.25) is 0 Å². The maximum atomic E-state index is 14.7. The number of hydrogen-bond donors (Lipinski definition) is 0. The van der Waals surface area contributed by atoms with Gasteiger partial charge in [0.15, 0.2) is 12.2 Å². The molecule has 1 aromatic carbocycles. The second-order valence-corrected chi connectivity index (χ2v) is 6.73. The summed E-state index contributed by atoms with van der Waals surface area (Å²) < 4.78 is 30.8. The summed E-state index contributed by atoms with van der Waals surface area (Å²) in [4.78, 5) is 4.51. The van der Waals surface area contributed by atoms with Crippen molar-refractivity contribution in [2.45, 2.75) is 58.9 Å². The number of fused-ring (bicyclic) bond motifs is 3. The molecule has 1 aliphatic heterocycles. The molecule has 0 N–H and O–H groups in total. The molecule has 0 spiro atoms. The highest BCUT2D eigenvalue weighted by atomic mass is 19.1. The van der Waals surface area contributed by atoms with E-state index in [4.69, 9.17) is 0 Å². The smallest absolute Gasteiger partial charge is 0.237 e. The summed E-state index contributed by atoms with van der Waals surface area (Å²) in [5.41, 5.74) is 3.43. The highest BCUT2D eigenvalue weighted by Crippen LogP contribution is 2.47. The van der Waals surface area contributed by atoms with Gasteiger partial charge in [-0.3, -0.25) is 0 Å². The van der Waals surface area contributed by atoms with Gasteiger partial charge in [-0.1, -0.05) is 13.8 Å². The minimum absolute atomic E-state index is 0.150. The van der Waals surface area contributed by atoms with E-state index in [1.54, 1.807) is 0 Å². The fourth-order valence-corrected chi connectivity index (χ4v) is 4.18. The van der Waals surface area contributed by atoms with Gasteiger partial charge < -0.3 is 0 Å². The van der Waals surface area contributed by atoms with Crippen LogP contribution >= 0.6 is 0 Å². The van der Waals surface area contributed by atoms with Crippen LogP contribution in [0.25, 0.3) is 11.3 Å². The van der Waals surface area contributed by atoms with E-state index in [9.17, 15) is 8.78 Å². The third-order valence-corrected chi connectivity index (χ3v) is 5.37. The Kier molecular flexibility index (Phi) is 3.74. The molecule has 2 atom stereocenters. The maximum Gasteiger partial charge on any atom is 0.237 e. The van der Waals surface area contributed by atoms with Crippen molar-refractivity contribution in [3.05, 3.63) is 46.9 Å². The summed E-state index contributed by atoms with van der Waals surface area (Å²) in [5.74, 6) is -1.02. The van der Waals surface area contributed by atoms with Gasteiger partial charge in [0.05, 0.1) is 11.0 Å². The molecular formula is C19H23F2N2+. The zero-order chi connectivity index (χ0) is 16.9. The predicted molar refractivity (Wildman–Crippen MR) is 86.2 cm³/mol. The number of aryl methyl sites for hydroxylation is 2. The molecule has 1 aliphatic rings. The zero-order valence-electron chi connectivity index (χ0n) is 14.4. The SMILES string of the molecule is CC[C@H]1[n+]2cc(C)nc(C)c2-c2c(F)cc(F)cc2C1(C)CC. The third kappa shape index (κ3) is 2.19. The van der Waals surface area contributed by atoms with Crippen LogP contribution < -0.4 is 4.57 Å². The Morgan fingerprint density at radius 1 is 1.22 bits per heavy atom. The first-order valence-corrected chi connectivity index (χ1v) is 8.22. The Balaban J connectivity index is 2.48. The zero-order valence-corrected chi connectivity index (χ0v) is 14.4. The molecule has 0 saturated carbocycles. The second kappa shape index (κ2) is 5.36. The summed E-state index contributed by atoms with van der Waals surface area (Å²) in [6, 6.07) is 2.63. The Hall–Kier alpha value is -1.84. The molecule has 4 heteroatoms. The van der Waals surface area contributed by atoms with E-state index in [1.807, 2.05) is 20.0 Å². The molecule has 2 nitrogen and oxygen atoms in total. The van der Waals surface area contributed by atoms with Gasteiger partial charge in [-0.15, -0.1) is 0 Å². The van der Waals surface area contributed by atoms with Gasteiger partial charge in [-0.05, 0) is 38.8 Å². The van der Waals surface area contributed by atoms with Gasteiger partial charge in [0.25, 0.3) is 0 Å². The normalized spacial score (nSPS) is 22.7. The van der Waals surface area contributed by atoms with Gasteiger partial charge in [0.1, 0.15) is 23.0 Å². The summed E-state index contributed by atoms with van der Waals surface area (Å²) in [7, 11) is 0. The summed E-state index contributed by atoms with van der Waals surface area (Å²) in [6.45, 7) is 10.2. The van der Waals surface area contributed by atoms with Crippen LogP contribution in [0.1, 0.15) is 56.6 Å². The number of hydrogen-bond acceptors (Lipinski definition) is 1. The average Bonchev–Trinajstić information content (AvgIpc) is 2.47. The first kappa shape index (κ1) is 16.0. The van der Waals surface area contributed by atoms with Gasteiger partial charge in [-0.25, -0.2) is 13.8 Å². The van der Waals surface area contributed by atoms with Crippen molar-refractivity contribution in [3.63, 3.8) is 0 Å². The lowest BCUT2D eigenvalue weighted by Gasteiger charge is -2.39. The van der Waals surface area contributed by atoms with Crippen LogP contribution in [0.5, 0.6) is 0 Å². The van der Waals surface area contributed by atoms with Gasteiger partial charge in [0.2, 0.25) is 5.69 Å². The minimum Gasteiger partial charge on any atom is -0.245 e. The van der Waals surface area contributed by atoms with Crippen molar-refractivity contribution in [2.24, 2.45) is 0 Å². The van der Waals surface area contributed by atoms with Crippen LogP contribution in [-0.4, -0.2) is 4.98 Å². The first-order valence-electron chi connectivity index (χ1n) is 8.22. The van der Waals surface area contributed by atoms with Gasteiger partial charge in [-0.2, -0.15) is 4.57 Å². The lowest BCUT2D eigenvalue weighted by atomic mass is 9.68. The lowest BCUT2D eigenvalue weighted by Crippen LogP contribution is -2.55. The van der Waals surface area contributed by atoms with Crippen LogP contribution in [0.15, 0.2) is 18.3 Å². The van der Waals surface area contributed by atoms with E-state index in [-0.39, 0.29) is 11.5 Å². The Bertz CT molecular complexity index is 785. The van der Waals surface area contributed by atoms with Crippen LogP contribution in [0.4, 0.5) is 8.78 Å². The number of benzene rings is 1. The van der Waals surface area contributed by atoms with Crippen molar-refractivity contribution in [3.8, 4) is 11.3 Å². The molecule has 23 heavy (non-hydrogen) atoms. The quantitative estimate of drug-likeness (QED) is 0.742. The average molecular weight is 317 g/mol. The third-order valence-electron chi connectivity index (χ3n) is 5.37. The van der Waals surface area contributed by atoms with E-state index < -0.39 is 11.6 Å². The molecule has 0 saturated heterocycles.